The highest BCUT2D eigenvalue weighted by Gasteiger charge is 2.16. The molecule has 0 amide bonds. The molecule has 0 radical (unpaired) electrons. The smallest absolute Gasteiger partial charge is 0.183 e. The largest absolute Gasteiger partial charge is 0.381 e. The Morgan fingerprint density at radius 2 is 2.31 bits per heavy atom. The van der Waals surface area contributed by atoms with Crippen LogP contribution in [0.15, 0.2) is 6.20 Å². The van der Waals surface area contributed by atoms with Crippen molar-refractivity contribution in [3.63, 3.8) is 0 Å². The molecular formula is C11H17ClN2OS. The fraction of sp³-hybridized carbons (Fsp3) is 0.727. The standard InChI is InChI=1S/C11H17ClN2OS/c1-14(7-9-2-4-15-5-3-9)8-10-6-13-11(12)16-10/h6,9H,2-5,7-8H2,1H3. The van der Waals surface area contributed by atoms with E-state index in [1.165, 1.54) is 17.7 Å². The van der Waals surface area contributed by atoms with Gasteiger partial charge in [0.1, 0.15) is 0 Å². The predicted molar refractivity (Wildman–Crippen MR) is 67.0 cm³/mol. The highest BCUT2D eigenvalue weighted by atomic mass is 35.5. The first-order valence-corrected chi connectivity index (χ1v) is 6.80. The maximum absolute atomic E-state index is 5.81. The van der Waals surface area contributed by atoms with Crippen LogP contribution in [0.25, 0.3) is 0 Å². The number of thiazole rings is 1. The van der Waals surface area contributed by atoms with Crippen LogP contribution in [0.2, 0.25) is 4.47 Å². The molecule has 3 nitrogen and oxygen atoms in total. The summed E-state index contributed by atoms with van der Waals surface area (Å²) in [6, 6.07) is 0. The van der Waals surface area contributed by atoms with Crippen LogP contribution in [0, 0.1) is 5.92 Å². The molecule has 16 heavy (non-hydrogen) atoms. The molecule has 0 aliphatic carbocycles. The van der Waals surface area contributed by atoms with Gasteiger partial charge in [-0.3, -0.25) is 0 Å². The highest BCUT2D eigenvalue weighted by molar-refractivity contribution is 7.15. The Bertz CT molecular complexity index is 326. The third kappa shape index (κ3) is 3.70. The molecule has 5 heteroatoms. The molecule has 0 atom stereocenters. The maximum Gasteiger partial charge on any atom is 0.183 e. The second kappa shape index (κ2) is 5.96. The van der Waals surface area contributed by atoms with Crippen LogP contribution in [-0.4, -0.2) is 36.7 Å². The summed E-state index contributed by atoms with van der Waals surface area (Å²) in [7, 11) is 2.16. The minimum atomic E-state index is 0.634. The van der Waals surface area contributed by atoms with Crippen molar-refractivity contribution in [1.29, 1.82) is 0 Å². The Kier molecular flexibility index (Phi) is 4.58. The molecule has 90 valence electrons. The first-order chi connectivity index (χ1) is 7.74. The lowest BCUT2D eigenvalue weighted by Gasteiger charge is -2.26. The summed E-state index contributed by atoms with van der Waals surface area (Å²) in [6.45, 7) is 3.93. The van der Waals surface area contributed by atoms with E-state index in [0.29, 0.717) is 4.47 Å². The second-order valence-corrected chi connectivity index (χ2v) is 6.03. The molecule has 2 rings (SSSR count). The minimum Gasteiger partial charge on any atom is -0.381 e. The van der Waals surface area contributed by atoms with Gasteiger partial charge in [0.2, 0.25) is 0 Å². The van der Waals surface area contributed by atoms with E-state index in [0.717, 1.165) is 32.2 Å². The topological polar surface area (TPSA) is 25.4 Å². The second-order valence-electron chi connectivity index (χ2n) is 4.33. The molecule has 0 saturated carbocycles. The van der Waals surface area contributed by atoms with Crippen LogP contribution in [-0.2, 0) is 11.3 Å². The highest BCUT2D eigenvalue weighted by Crippen LogP contribution is 2.21. The van der Waals surface area contributed by atoms with E-state index in [-0.39, 0.29) is 0 Å². The molecule has 0 aromatic carbocycles. The lowest BCUT2D eigenvalue weighted by Crippen LogP contribution is -2.29. The predicted octanol–water partition coefficient (Wildman–Crippen LogP) is 2.65. The van der Waals surface area contributed by atoms with Crippen molar-refractivity contribution in [2.24, 2.45) is 5.92 Å². The van der Waals surface area contributed by atoms with E-state index in [9.17, 15) is 0 Å². The van der Waals surface area contributed by atoms with Crippen LogP contribution in [0.5, 0.6) is 0 Å². The van der Waals surface area contributed by atoms with E-state index < -0.39 is 0 Å². The molecule has 1 fully saturated rings. The molecule has 1 aliphatic heterocycles. The van der Waals surface area contributed by atoms with Crippen LogP contribution in [0.3, 0.4) is 0 Å². The number of hydrogen-bond acceptors (Lipinski definition) is 4. The van der Waals surface area contributed by atoms with Gasteiger partial charge in [-0.05, 0) is 25.8 Å². The first-order valence-electron chi connectivity index (χ1n) is 5.60. The third-order valence-corrected chi connectivity index (χ3v) is 3.96. The maximum atomic E-state index is 5.81. The zero-order chi connectivity index (χ0) is 11.4. The van der Waals surface area contributed by atoms with Gasteiger partial charge in [-0.2, -0.15) is 0 Å². The molecule has 1 aromatic heterocycles. The van der Waals surface area contributed by atoms with Gasteiger partial charge >= 0.3 is 0 Å². The molecule has 1 saturated heterocycles. The zero-order valence-corrected chi connectivity index (χ0v) is 11.1. The lowest BCUT2D eigenvalue weighted by atomic mass is 10.00. The van der Waals surface area contributed by atoms with Crippen molar-refractivity contribution >= 4 is 22.9 Å². The number of ether oxygens (including phenoxy) is 1. The van der Waals surface area contributed by atoms with E-state index >= 15 is 0 Å². The van der Waals surface area contributed by atoms with Gasteiger partial charge in [0.05, 0.1) is 0 Å². The van der Waals surface area contributed by atoms with Crippen molar-refractivity contribution in [2.45, 2.75) is 19.4 Å². The van der Waals surface area contributed by atoms with Gasteiger partial charge in [-0.1, -0.05) is 11.6 Å². The van der Waals surface area contributed by atoms with Gasteiger partial charge in [-0.25, -0.2) is 4.98 Å². The molecule has 0 spiro atoms. The molecule has 0 bridgehead atoms. The molecule has 2 heterocycles. The average Bonchev–Trinajstić information content (AvgIpc) is 2.65. The summed E-state index contributed by atoms with van der Waals surface area (Å²) < 4.78 is 5.99. The van der Waals surface area contributed by atoms with Gasteiger partial charge in [-0.15, -0.1) is 11.3 Å². The van der Waals surface area contributed by atoms with Gasteiger partial charge in [0, 0.05) is 37.4 Å². The first kappa shape index (κ1) is 12.3. The van der Waals surface area contributed by atoms with E-state index in [1.807, 2.05) is 6.20 Å². The van der Waals surface area contributed by atoms with E-state index in [1.54, 1.807) is 11.3 Å². The molecule has 1 aromatic rings. The summed E-state index contributed by atoms with van der Waals surface area (Å²) >= 11 is 7.37. The van der Waals surface area contributed by atoms with E-state index in [4.69, 9.17) is 16.3 Å². The normalized spacial score (nSPS) is 18.2. The van der Waals surface area contributed by atoms with Gasteiger partial charge in [0.25, 0.3) is 0 Å². The minimum absolute atomic E-state index is 0.634. The SMILES string of the molecule is CN(Cc1cnc(Cl)s1)CC1CCOCC1. The number of rotatable bonds is 4. The van der Waals surface area contributed by atoms with Crippen LogP contribution >= 0.6 is 22.9 Å². The molecule has 0 N–H and O–H groups in total. The number of aromatic nitrogens is 1. The zero-order valence-electron chi connectivity index (χ0n) is 9.49. The number of halogens is 1. The van der Waals surface area contributed by atoms with Crippen LogP contribution in [0.4, 0.5) is 0 Å². The molecule has 1 aliphatic rings. The Balaban J connectivity index is 1.77. The fourth-order valence-electron chi connectivity index (χ4n) is 2.06. The average molecular weight is 261 g/mol. The van der Waals surface area contributed by atoms with Crippen molar-refractivity contribution in [2.75, 3.05) is 26.8 Å². The van der Waals surface area contributed by atoms with E-state index in [2.05, 4.69) is 16.9 Å². The van der Waals surface area contributed by atoms with Crippen molar-refractivity contribution in [3.05, 3.63) is 15.5 Å². The van der Waals surface area contributed by atoms with Crippen LogP contribution in [0.1, 0.15) is 17.7 Å². The van der Waals surface area contributed by atoms with Gasteiger partial charge in [0.15, 0.2) is 4.47 Å². The Hall–Kier alpha value is -0.160. The van der Waals surface area contributed by atoms with Gasteiger partial charge < -0.3 is 9.64 Å². The van der Waals surface area contributed by atoms with Crippen LogP contribution < -0.4 is 0 Å². The summed E-state index contributed by atoms with van der Waals surface area (Å²) in [4.78, 5) is 7.64. The number of nitrogens with zero attached hydrogens (tertiary/aromatic N) is 2. The molecular weight excluding hydrogens is 244 g/mol. The Labute approximate surface area is 105 Å². The van der Waals surface area contributed by atoms with Crippen molar-refractivity contribution in [3.8, 4) is 0 Å². The van der Waals surface area contributed by atoms with Crippen molar-refractivity contribution < 1.29 is 4.74 Å². The lowest BCUT2D eigenvalue weighted by molar-refractivity contribution is 0.0550. The number of hydrogen-bond donors (Lipinski definition) is 0. The summed E-state index contributed by atoms with van der Waals surface area (Å²) in [5, 5.41) is 0. The fourth-order valence-corrected chi connectivity index (χ4v) is 3.12. The summed E-state index contributed by atoms with van der Waals surface area (Å²) in [6.07, 6.45) is 4.25. The Morgan fingerprint density at radius 3 is 2.94 bits per heavy atom. The monoisotopic (exact) mass is 260 g/mol. The van der Waals surface area contributed by atoms with Crippen molar-refractivity contribution in [1.82, 2.24) is 9.88 Å². The molecule has 0 unspecified atom stereocenters. The summed E-state index contributed by atoms with van der Waals surface area (Å²) in [5.41, 5.74) is 0. The summed E-state index contributed by atoms with van der Waals surface area (Å²) in [5.74, 6) is 0.780. The quantitative estimate of drug-likeness (QED) is 0.832. The Morgan fingerprint density at radius 1 is 1.56 bits per heavy atom. The third-order valence-electron chi connectivity index (χ3n) is 2.86.